The van der Waals surface area contributed by atoms with E-state index in [1.807, 2.05) is 31.2 Å². The summed E-state index contributed by atoms with van der Waals surface area (Å²) in [5.74, 6) is 1.15. The summed E-state index contributed by atoms with van der Waals surface area (Å²) in [4.78, 5) is 8.95. The Morgan fingerprint density at radius 3 is 2.30 bits per heavy atom. The van der Waals surface area contributed by atoms with E-state index in [0.29, 0.717) is 23.0 Å². The van der Waals surface area contributed by atoms with Gasteiger partial charge in [-0.15, -0.1) is 0 Å². The maximum atomic E-state index is 9.24. The van der Waals surface area contributed by atoms with Crippen LogP contribution in [-0.2, 0) is 5.41 Å². The van der Waals surface area contributed by atoms with E-state index in [1.54, 1.807) is 6.07 Å². The Balaban J connectivity index is 1.82. The second-order valence-electron chi connectivity index (χ2n) is 7.45. The summed E-state index contributed by atoms with van der Waals surface area (Å²) in [6.45, 7) is 8.50. The van der Waals surface area contributed by atoms with Gasteiger partial charge in [-0.3, -0.25) is 0 Å². The van der Waals surface area contributed by atoms with Crippen molar-refractivity contribution in [2.45, 2.75) is 33.1 Å². The molecule has 2 N–H and O–H groups in total. The number of nitrogens with one attached hydrogen (secondary N) is 2. The van der Waals surface area contributed by atoms with Crippen LogP contribution in [0.1, 0.15) is 37.6 Å². The predicted molar refractivity (Wildman–Crippen MR) is 110 cm³/mol. The van der Waals surface area contributed by atoms with Crippen molar-refractivity contribution in [3.63, 3.8) is 0 Å². The van der Waals surface area contributed by atoms with E-state index in [0.717, 1.165) is 11.4 Å². The fraction of sp³-hybridized carbons (Fsp3) is 0.227. The smallest absolute Gasteiger partial charge is 0.229 e. The van der Waals surface area contributed by atoms with Gasteiger partial charge in [-0.1, -0.05) is 45.0 Å². The van der Waals surface area contributed by atoms with Gasteiger partial charge in [-0.25, -0.2) is 4.98 Å². The summed E-state index contributed by atoms with van der Waals surface area (Å²) < 4.78 is 0. The minimum absolute atomic E-state index is 0.120. The first-order chi connectivity index (χ1) is 12.8. The van der Waals surface area contributed by atoms with Gasteiger partial charge in [0.15, 0.2) is 0 Å². The molecule has 0 fully saturated rings. The number of hydrogen-bond acceptors (Lipinski definition) is 5. The molecule has 3 rings (SSSR count). The summed E-state index contributed by atoms with van der Waals surface area (Å²) in [5, 5.41) is 15.7. The second kappa shape index (κ2) is 7.46. The summed E-state index contributed by atoms with van der Waals surface area (Å²) in [5.41, 5.74) is 4.43. The Bertz CT molecular complexity index is 979. The van der Waals surface area contributed by atoms with Gasteiger partial charge in [-0.05, 0) is 42.2 Å². The first-order valence-electron chi connectivity index (χ1n) is 8.84. The number of nitrogens with zero attached hydrogens (tertiary/aromatic N) is 3. The molecule has 0 unspecified atom stereocenters. The zero-order valence-electron chi connectivity index (χ0n) is 16.0. The summed E-state index contributed by atoms with van der Waals surface area (Å²) in [6, 6.07) is 19.7. The molecule has 0 radical (unpaired) electrons. The zero-order chi connectivity index (χ0) is 19.4. The third-order valence-electron chi connectivity index (χ3n) is 4.17. The van der Waals surface area contributed by atoms with Crippen LogP contribution < -0.4 is 10.6 Å². The normalized spacial score (nSPS) is 10.9. The van der Waals surface area contributed by atoms with Crippen LogP contribution in [0.25, 0.3) is 0 Å². The van der Waals surface area contributed by atoms with Crippen molar-refractivity contribution >= 4 is 23.1 Å². The monoisotopic (exact) mass is 357 g/mol. The number of aromatic nitrogens is 2. The molecule has 0 aliphatic carbocycles. The Hall–Kier alpha value is -3.39. The molecular weight excluding hydrogens is 334 g/mol. The largest absolute Gasteiger partial charge is 0.340 e. The molecule has 0 saturated heterocycles. The average molecular weight is 357 g/mol. The molecule has 5 heteroatoms. The van der Waals surface area contributed by atoms with E-state index in [-0.39, 0.29) is 5.41 Å². The SMILES string of the molecule is Cc1cc(Nc2ccc(C(C)(C)C)cc2)nc(Nc2ccccc2C#N)n1. The van der Waals surface area contributed by atoms with Crippen molar-refractivity contribution in [3.8, 4) is 6.07 Å². The standard InChI is InChI=1S/C22H23N5/c1-15-13-20(25-18-11-9-17(10-12-18)22(2,3)4)27-21(24-15)26-19-8-6-5-7-16(19)14-23/h5-13H,1-4H3,(H2,24,25,26,27). The number of para-hydroxylation sites is 1. The van der Waals surface area contributed by atoms with Gasteiger partial charge in [0, 0.05) is 17.4 Å². The zero-order valence-corrected chi connectivity index (χ0v) is 16.0. The number of benzene rings is 2. The highest BCUT2D eigenvalue weighted by Crippen LogP contribution is 2.25. The molecule has 0 bridgehead atoms. The van der Waals surface area contributed by atoms with Gasteiger partial charge in [0.05, 0.1) is 11.3 Å². The molecule has 1 aromatic heterocycles. The molecule has 0 aliphatic rings. The summed E-state index contributed by atoms with van der Waals surface area (Å²) in [7, 11) is 0. The van der Waals surface area contributed by atoms with E-state index >= 15 is 0 Å². The first-order valence-corrected chi connectivity index (χ1v) is 8.84. The van der Waals surface area contributed by atoms with Crippen LogP contribution in [0.4, 0.5) is 23.1 Å². The number of hydrogen-bond donors (Lipinski definition) is 2. The van der Waals surface area contributed by atoms with E-state index in [1.165, 1.54) is 5.56 Å². The lowest BCUT2D eigenvalue weighted by Gasteiger charge is -2.19. The highest BCUT2D eigenvalue weighted by atomic mass is 15.1. The molecule has 5 nitrogen and oxygen atoms in total. The molecule has 0 aliphatic heterocycles. The Morgan fingerprint density at radius 2 is 1.63 bits per heavy atom. The average Bonchev–Trinajstić information content (AvgIpc) is 2.61. The summed E-state index contributed by atoms with van der Waals surface area (Å²) >= 11 is 0. The Labute approximate surface area is 160 Å². The molecule has 27 heavy (non-hydrogen) atoms. The van der Waals surface area contributed by atoms with Crippen molar-refractivity contribution < 1.29 is 0 Å². The lowest BCUT2D eigenvalue weighted by atomic mass is 9.87. The molecular formula is C22H23N5. The number of nitriles is 1. The molecule has 3 aromatic rings. The Morgan fingerprint density at radius 1 is 0.926 bits per heavy atom. The highest BCUT2D eigenvalue weighted by molar-refractivity contribution is 5.64. The topological polar surface area (TPSA) is 73.6 Å². The fourth-order valence-electron chi connectivity index (χ4n) is 2.70. The van der Waals surface area contributed by atoms with Gasteiger partial charge in [-0.2, -0.15) is 10.2 Å². The van der Waals surface area contributed by atoms with E-state index in [4.69, 9.17) is 0 Å². The van der Waals surface area contributed by atoms with Crippen LogP contribution in [0.3, 0.4) is 0 Å². The number of rotatable bonds is 4. The molecule has 0 atom stereocenters. The van der Waals surface area contributed by atoms with E-state index < -0.39 is 0 Å². The van der Waals surface area contributed by atoms with Crippen molar-refractivity contribution in [2.75, 3.05) is 10.6 Å². The van der Waals surface area contributed by atoms with Gasteiger partial charge < -0.3 is 10.6 Å². The van der Waals surface area contributed by atoms with Gasteiger partial charge in [0.25, 0.3) is 0 Å². The Kier molecular flexibility index (Phi) is 5.09. The lowest BCUT2D eigenvalue weighted by molar-refractivity contribution is 0.590. The molecule has 0 saturated carbocycles. The third kappa shape index (κ3) is 4.62. The third-order valence-corrected chi connectivity index (χ3v) is 4.17. The maximum absolute atomic E-state index is 9.24. The minimum Gasteiger partial charge on any atom is -0.340 e. The van der Waals surface area contributed by atoms with Crippen molar-refractivity contribution in [2.24, 2.45) is 0 Å². The fourth-order valence-corrected chi connectivity index (χ4v) is 2.70. The van der Waals surface area contributed by atoms with Crippen molar-refractivity contribution in [3.05, 3.63) is 71.4 Å². The van der Waals surface area contributed by atoms with Crippen LogP contribution in [0, 0.1) is 18.3 Å². The predicted octanol–water partition coefficient (Wildman–Crippen LogP) is 5.44. The quantitative estimate of drug-likeness (QED) is 0.650. The first kappa shape index (κ1) is 18.4. The van der Waals surface area contributed by atoms with Crippen LogP contribution in [0.5, 0.6) is 0 Å². The lowest BCUT2D eigenvalue weighted by Crippen LogP contribution is -2.10. The molecule has 0 amide bonds. The summed E-state index contributed by atoms with van der Waals surface area (Å²) in [6.07, 6.45) is 0. The highest BCUT2D eigenvalue weighted by Gasteiger charge is 2.13. The molecule has 1 heterocycles. The van der Waals surface area contributed by atoms with Gasteiger partial charge >= 0.3 is 0 Å². The maximum Gasteiger partial charge on any atom is 0.229 e. The van der Waals surface area contributed by atoms with Gasteiger partial charge in [0.1, 0.15) is 11.9 Å². The van der Waals surface area contributed by atoms with Crippen molar-refractivity contribution in [1.82, 2.24) is 9.97 Å². The number of anilines is 4. The molecule has 2 aromatic carbocycles. The molecule has 136 valence electrons. The number of aryl methyl sites for hydroxylation is 1. The molecule has 0 spiro atoms. The van der Waals surface area contributed by atoms with Gasteiger partial charge in [0.2, 0.25) is 5.95 Å². The van der Waals surface area contributed by atoms with E-state index in [9.17, 15) is 5.26 Å². The van der Waals surface area contributed by atoms with Crippen LogP contribution >= 0.6 is 0 Å². The van der Waals surface area contributed by atoms with Crippen LogP contribution in [0.2, 0.25) is 0 Å². The van der Waals surface area contributed by atoms with Crippen molar-refractivity contribution in [1.29, 1.82) is 5.26 Å². The van der Waals surface area contributed by atoms with Crippen LogP contribution in [-0.4, -0.2) is 9.97 Å². The van der Waals surface area contributed by atoms with E-state index in [2.05, 4.69) is 71.7 Å². The minimum atomic E-state index is 0.120. The second-order valence-corrected chi connectivity index (χ2v) is 7.45. The van der Waals surface area contributed by atoms with Crippen LogP contribution in [0.15, 0.2) is 54.6 Å².